The highest BCUT2D eigenvalue weighted by Crippen LogP contribution is 2.24. The van der Waals surface area contributed by atoms with E-state index in [-0.39, 0.29) is 17.5 Å². The second kappa shape index (κ2) is 11.1. The van der Waals surface area contributed by atoms with E-state index in [4.69, 9.17) is 4.98 Å². The van der Waals surface area contributed by atoms with Crippen LogP contribution < -0.4 is 5.56 Å². The van der Waals surface area contributed by atoms with Gasteiger partial charge in [-0.15, -0.1) is 0 Å². The molecule has 5 nitrogen and oxygen atoms in total. The molecule has 5 heteroatoms. The summed E-state index contributed by atoms with van der Waals surface area (Å²) in [5.74, 6) is 0.731. The van der Waals surface area contributed by atoms with Crippen LogP contribution in [0.15, 0.2) is 53.3 Å². The predicted molar refractivity (Wildman–Crippen MR) is 131 cm³/mol. The summed E-state index contributed by atoms with van der Waals surface area (Å²) in [6, 6.07) is 15.0. The summed E-state index contributed by atoms with van der Waals surface area (Å²) in [6.07, 6.45) is 5.65. The number of benzene rings is 2. The van der Waals surface area contributed by atoms with Crippen LogP contribution in [0.25, 0.3) is 16.6 Å². The lowest BCUT2D eigenvalue weighted by molar-refractivity contribution is -0.133. The first kappa shape index (κ1) is 23.7. The third-order valence-electron chi connectivity index (χ3n) is 5.94. The van der Waals surface area contributed by atoms with E-state index < -0.39 is 0 Å². The molecule has 0 radical (unpaired) electrons. The van der Waals surface area contributed by atoms with E-state index in [1.165, 1.54) is 0 Å². The number of hydrogen-bond donors (Lipinski definition) is 0. The number of nitrogens with zero attached hydrogens (tertiary/aromatic N) is 3. The largest absolute Gasteiger partial charge is 0.333 e. The third kappa shape index (κ3) is 5.26. The normalized spacial score (nSPS) is 12.1. The van der Waals surface area contributed by atoms with Crippen molar-refractivity contribution in [3.8, 4) is 5.69 Å². The summed E-state index contributed by atoms with van der Waals surface area (Å²) in [5.41, 5.74) is 2.41. The van der Waals surface area contributed by atoms with Gasteiger partial charge >= 0.3 is 0 Å². The average Bonchev–Trinajstić information content (AvgIpc) is 2.78. The van der Waals surface area contributed by atoms with E-state index in [1.807, 2.05) is 74.2 Å². The molecule has 0 aliphatic carbocycles. The Balaban J connectivity index is 2.14. The van der Waals surface area contributed by atoms with Gasteiger partial charge in [-0.2, -0.15) is 0 Å². The maximum absolute atomic E-state index is 13.6. The minimum Gasteiger partial charge on any atom is -0.333 e. The van der Waals surface area contributed by atoms with Gasteiger partial charge in [0, 0.05) is 13.0 Å². The lowest BCUT2D eigenvalue weighted by atomic mass is 10.1. The Labute approximate surface area is 191 Å². The Bertz CT molecular complexity index is 1120. The maximum Gasteiger partial charge on any atom is 0.266 e. The number of aryl methyl sites for hydroxylation is 1. The van der Waals surface area contributed by atoms with Gasteiger partial charge in [-0.05, 0) is 56.5 Å². The van der Waals surface area contributed by atoms with E-state index in [2.05, 4.69) is 6.92 Å². The molecule has 2 aromatic carbocycles. The van der Waals surface area contributed by atoms with Crippen LogP contribution in [-0.2, 0) is 4.79 Å². The number of aromatic nitrogens is 2. The van der Waals surface area contributed by atoms with Crippen molar-refractivity contribution in [2.45, 2.75) is 72.3 Å². The fourth-order valence-corrected chi connectivity index (χ4v) is 4.19. The number of carbonyl (C=O) groups is 1. The minimum absolute atomic E-state index is 0.100. The van der Waals surface area contributed by atoms with Crippen molar-refractivity contribution >= 4 is 16.8 Å². The zero-order chi connectivity index (χ0) is 23.1. The molecule has 170 valence electrons. The summed E-state index contributed by atoms with van der Waals surface area (Å²) >= 11 is 0. The van der Waals surface area contributed by atoms with E-state index in [9.17, 15) is 9.59 Å². The van der Waals surface area contributed by atoms with E-state index in [0.29, 0.717) is 29.7 Å². The smallest absolute Gasteiger partial charge is 0.266 e. The molecule has 1 amide bonds. The Kier molecular flexibility index (Phi) is 8.20. The summed E-state index contributed by atoms with van der Waals surface area (Å²) in [4.78, 5) is 33.5. The molecule has 0 aliphatic heterocycles. The number of hydrogen-bond acceptors (Lipinski definition) is 3. The molecular formula is C27H35N3O2. The minimum atomic E-state index is -0.312. The number of rotatable bonds is 10. The highest BCUT2D eigenvalue weighted by atomic mass is 16.2. The SMILES string of the molecule is CCCCCCN(C(=O)CCC)C(C)c1nc2ccccc2c(=O)n1-c1cccc(C)c1. The van der Waals surface area contributed by atoms with Gasteiger partial charge in [0.1, 0.15) is 5.82 Å². The van der Waals surface area contributed by atoms with Gasteiger partial charge in [0.2, 0.25) is 5.91 Å². The van der Waals surface area contributed by atoms with Gasteiger partial charge in [-0.25, -0.2) is 4.98 Å². The van der Waals surface area contributed by atoms with Gasteiger partial charge in [-0.3, -0.25) is 14.2 Å². The van der Waals surface area contributed by atoms with Crippen LogP contribution in [0.4, 0.5) is 0 Å². The first-order valence-corrected chi connectivity index (χ1v) is 11.9. The highest BCUT2D eigenvalue weighted by Gasteiger charge is 2.26. The summed E-state index contributed by atoms with van der Waals surface area (Å²) in [7, 11) is 0. The van der Waals surface area contributed by atoms with E-state index in [1.54, 1.807) is 4.57 Å². The Hall–Kier alpha value is -2.95. The van der Waals surface area contributed by atoms with Gasteiger partial charge < -0.3 is 4.90 Å². The number of unbranched alkanes of at least 4 members (excludes halogenated alkanes) is 3. The summed E-state index contributed by atoms with van der Waals surface area (Å²) in [5, 5.41) is 0.583. The van der Waals surface area contributed by atoms with Gasteiger partial charge in [0.25, 0.3) is 5.56 Å². The molecule has 0 saturated carbocycles. The molecule has 0 saturated heterocycles. The van der Waals surface area contributed by atoms with Crippen molar-refractivity contribution in [3.05, 3.63) is 70.3 Å². The molecule has 1 heterocycles. The number of carbonyl (C=O) groups excluding carboxylic acids is 1. The first-order valence-electron chi connectivity index (χ1n) is 11.9. The monoisotopic (exact) mass is 433 g/mol. The molecule has 3 rings (SSSR count). The van der Waals surface area contributed by atoms with E-state index in [0.717, 1.165) is 43.4 Å². The van der Waals surface area contributed by atoms with Crippen molar-refractivity contribution in [1.82, 2.24) is 14.5 Å². The van der Waals surface area contributed by atoms with Crippen LogP contribution in [0.5, 0.6) is 0 Å². The molecule has 0 bridgehead atoms. The molecule has 0 N–H and O–H groups in total. The Morgan fingerprint density at radius 2 is 1.81 bits per heavy atom. The fraction of sp³-hybridized carbons (Fsp3) is 0.444. The lowest BCUT2D eigenvalue weighted by Crippen LogP contribution is -2.38. The van der Waals surface area contributed by atoms with Gasteiger partial charge in [-0.1, -0.05) is 57.4 Å². The summed E-state index contributed by atoms with van der Waals surface area (Å²) < 4.78 is 1.69. The van der Waals surface area contributed by atoms with Crippen molar-refractivity contribution in [1.29, 1.82) is 0 Å². The van der Waals surface area contributed by atoms with E-state index >= 15 is 0 Å². The van der Waals surface area contributed by atoms with Crippen LogP contribution in [0, 0.1) is 6.92 Å². The van der Waals surface area contributed by atoms with Crippen molar-refractivity contribution < 1.29 is 4.79 Å². The predicted octanol–water partition coefficient (Wildman–Crippen LogP) is 5.96. The standard InChI is InChI=1S/C27H35N3O2/c1-5-7-8-11-18-29(25(31)13-6-2)21(4)26-28-24-17-10-9-16-23(24)27(32)30(26)22-15-12-14-20(3)19-22/h9-10,12,14-17,19,21H,5-8,11,13,18H2,1-4H3. The third-order valence-corrected chi connectivity index (χ3v) is 5.94. The van der Waals surface area contributed by atoms with Crippen molar-refractivity contribution in [2.24, 2.45) is 0 Å². The molecule has 32 heavy (non-hydrogen) atoms. The molecule has 1 unspecified atom stereocenters. The van der Waals surface area contributed by atoms with Crippen LogP contribution in [0.2, 0.25) is 0 Å². The molecule has 0 spiro atoms. The van der Waals surface area contributed by atoms with Gasteiger partial charge in [0.15, 0.2) is 0 Å². The fourth-order valence-electron chi connectivity index (χ4n) is 4.19. The van der Waals surface area contributed by atoms with Crippen LogP contribution in [0.1, 0.15) is 76.7 Å². The summed E-state index contributed by atoms with van der Waals surface area (Å²) in [6.45, 7) is 8.89. The highest BCUT2D eigenvalue weighted by molar-refractivity contribution is 5.79. The zero-order valence-corrected chi connectivity index (χ0v) is 19.8. The molecule has 0 fully saturated rings. The molecule has 1 atom stereocenters. The Morgan fingerprint density at radius 1 is 1.03 bits per heavy atom. The quantitative estimate of drug-likeness (QED) is 0.370. The molecule has 0 aliphatic rings. The topological polar surface area (TPSA) is 55.2 Å². The van der Waals surface area contributed by atoms with Crippen molar-refractivity contribution in [2.75, 3.05) is 6.54 Å². The zero-order valence-electron chi connectivity index (χ0n) is 19.8. The maximum atomic E-state index is 13.6. The molecule has 3 aromatic rings. The number of amides is 1. The average molecular weight is 434 g/mol. The van der Waals surface area contributed by atoms with Gasteiger partial charge in [0.05, 0.1) is 22.6 Å². The molecular weight excluding hydrogens is 398 g/mol. The lowest BCUT2D eigenvalue weighted by Gasteiger charge is -2.31. The Morgan fingerprint density at radius 3 is 2.53 bits per heavy atom. The number of fused-ring (bicyclic) bond motifs is 1. The van der Waals surface area contributed by atoms with Crippen LogP contribution in [0.3, 0.4) is 0 Å². The number of para-hydroxylation sites is 1. The second-order valence-electron chi connectivity index (χ2n) is 8.54. The first-order chi connectivity index (χ1) is 15.5. The van der Waals surface area contributed by atoms with Crippen LogP contribution in [-0.4, -0.2) is 26.9 Å². The van der Waals surface area contributed by atoms with Crippen molar-refractivity contribution in [3.63, 3.8) is 0 Å². The second-order valence-corrected chi connectivity index (χ2v) is 8.54. The molecule has 1 aromatic heterocycles. The van der Waals surface area contributed by atoms with Crippen LogP contribution >= 0.6 is 0 Å².